The van der Waals surface area contributed by atoms with Crippen LogP contribution in [0.15, 0.2) is 54.8 Å². The van der Waals surface area contributed by atoms with Crippen LogP contribution >= 0.6 is 0 Å². The van der Waals surface area contributed by atoms with E-state index in [1.54, 1.807) is 24.3 Å². The number of aromatic nitrogens is 2. The number of likely N-dealkylation sites (N-methyl/N-ethyl adjacent to an activating group) is 1. The number of hydrogen-bond donors (Lipinski definition) is 1. The van der Waals surface area contributed by atoms with E-state index >= 15 is 0 Å². The minimum absolute atomic E-state index is 0.0101. The molecule has 0 aliphatic carbocycles. The van der Waals surface area contributed by atoms with E-state index < -0.39 is 17.7 Å². The third kappa shape index (κ3) is 5.34. The van der Waals surface area contributed by atoms with Crippen molar-refractivity contribution in [3.63, 3.8) is 0 Å². The number of rotatable bonds is 12. The molecular weight excluding hydrogens is 508 g/mol. The molecule has 1 saturated heterocycles. The third-order valence-corrected chi connectivity index (χ3v) is 7.34. The number of aliphatic hydroxyl groups is 1. The first-order valence-corrected chi connectivity index (χ1v) is 13.7. The van der Waals surface area contributed by atoms with Gasteiger partial charge in [0.1, 0.15) is 17.9 Å². The fourth-order valence-corrected chi connectivity index (χ4v) is 5.15. The Kier molecular flexibility index (Phi) is 8.94. The van der Waals surface area contributed by atoms with Crippen molar-refractivity contribution in [2.24, 2.45) is 0 Å². The SMILES string of the molecule is C=CCOc1ccc(C2/C(=C(\O)c3nc4c(C)cccn4c3C)C(=O)C(=O)N2CCN(CC)CC)cc1OCC. The predicted molar refractivity (Wildman–Crippen MR) is 155 cm³/mol. The van der Waals surface area contributed by atoms with Gasteiger partial charge in [-0.15, -0.1) is 0 Å². The molecule has 1 N–H and O–H groups in total. The highest BCUT2D eigenvalue weighted by molar-refractivity contribution is 6.46. The van der Waals surface area contributed by atoms with Gasteiger partial charge in [-0.25, -0.2) is 4.98 Å². The summed E-state index contributed by atoms with van der Waals surface area (Å²) in [5.41, 5.74) is 3.20. The van der Waals surface area contributed by atoms with Gasteiger partial charge in [-0.3, -0.25) is 9.59 Å². The van der Waals surface area contributed by atoms with Gasteiger partial charge < -0.3 is 28.8 Å². The Balaban J connectivity index is 1.89. The summed E-state index contributed by atoms with van der Waals surface area (Å²) >= 11 is 0. The summed E-state index contributed by atoms with van der Waals surface area (Å²) in [5, 5.41) is 11.7. The Labute approximate surface area is 235 Å². The highest BCUT2D eigenvalue weighted by Gasteiger charge is 2.46. The molecule has 3 heterocycles. The smallest absolute Gasteiger partial charge is 0.295 e. The van der Waals surface area contributed by atoms with Crippen molar-refractivity contribution in [1.82, 2.24) is 19.2 Å². The van der Waals surface area contributed by atoms with E-state index in [1.165, 1.54) is 4.90 Å². The number of hydrogen-bond acceptors (Lipinski definition) is 7. The average Bonchev–Trinajstić information content (AvgIpc) is 3.42. The predicted octanol–water partition coefficient (Wildman–Crippen LogP) is 4.68. The number of nitrogens with zero attached hydrogens (tertiary/aromatic N) is 4. The lowest BCUT2D eigenvalue weighted by molar-refractivity contribution is -0.140. The molecule has 1 fully saturated rings. The molecule has 1 unspecified atom stereocenters. The minimum atomic E-state index is -0.825. The van der Waals surface area contributed by atoms with E-state index in [1.807, 2.05) is 43.5 Å². The number of carbonyl (C=O) groups excluding carboxylic acids is 2. The van der Waals surface area contributed by atoms with E-state index in [4.69, 9.17) is 9.47 Å². The summed E-state index contributed by atoms with van der Waals surface area (Å²) in [5.74, 6) is -0.673. The maximum absolute atomic E-state index is 13.6. The van der Waals surface area contributed by atoms with Crippen molar-refractivity contribution in [3.8, 4) is 11.5 Å². The minimum Gasteiger partial charge on any atom is -0.505 e. The normalized spacial score (nSPS) is 16.8. The van der Waals surface area contributed by atoms with Crippen LogP contribution in [0.2, 0.25) is 0 Å². The molecular formula is C31H38N4O5. The van der Waals surface area contributed by atoms with Crippen LogP contribution in [-0.4, -0.2) is 75.4 Å². The van der Waals surface area contributed by atoms with Crippen LogP contribution in [-0.2, 0) is 9.59 Å². The topological polar surface area (TPSA) is 96.6 Å². The van der Waals surface area contributed by atoms with E-state index in [9.17, 15) is 14.7 Å². The van der Waals surface area contributed by atoms with Crippen molar-refractivity contribution in [3.05, 3.63) is 77.3 Å². The molecule has 9 nitrogen and oxygen atoms in total. The zero-order valence-electron chi connectivity index (χ0n) is 23.9. The van der Waals surface area contributed by atoms with Gasteiger partial charge in [0, 0.05) is 19.3 Å². The van der Waals surface area contributed by atoms with E-state index in [2.05, 4.69) is 30.3 Å². The number of likely N-dealkylation sites (tertiary alicyclic amines) is 1. The number of carbonyl (C=O) groups is 2. The summed E-state index contributed by atoms with van der Waals surface area (Å²) in [6.45, 7) is 16.7. The Morgan fingerprint density at radius 1 is 1.12 bits per heavy atom. The van der Waals surface area contributed by atoms with Crippen LogP contribution in [0.3, 0.4) is 0 Å². The first-order valence-electron chi connectivity index (χ1n) is 13.7. The van der Waals surface area contributed by atoms with Crippen molar-refractivity contribution in [2.75, 3.05) is 39.4 Å². The molecule has 0 saturated carbocycles. The maximum Gasteiger partial charge on any atom is 0.295 e. The van der Waals surface area contributed by atoms with Crippen LogP contribution in [0, 0.1) is 13.8 Å². The molecule has 40 heavy (non-hydrogen) atoms. The number of aryl methyl sites for hydroxylation is 2. The van der Waals surface area contributed by atoms with Crippen molar-refractivity contribution in [2.45, 2.75) is 40.7 Å². The summed E-state index contributed by atoms with van der Waals surface area (Å²) in [6, 6.07) is 8.34. The Hall–Kier alpha value is -4.11. The fraction of sp³-hybridized carbons (Fsp3) is 0.387. The quantitative estimate of drug-likeness (QED) is 0.153. The Morgan fingerprint density at radius 3 is 2.52 bits per heavy atom. The fourth-order valence-electron chi connectivity index (χ4n) is 5.15. The molecule has 0 bridgehead atoms. The number of fused-ring (bicyclic) bond motifs is 1. The molecule has 9 heteroatoms. The van der Waals surface area contributed by atoms with Crippen LogP contribution in [0.5, 0.6) is 11.5 Å². The van der Waals surface area contributed by atoms with Gasteiger partial charge >= 0.3 is 0 Å². The molecule has 1 aromatic carbocycles. The number of Topliss-reactive ketones (excluding diaryl/α,β-unsaturated/α-hetero) is 1. The molecule has 4 rings (SSSR count). The molecule has 2 aromatic heterocycles. The molecule has 3 aromatic rings. The zero-order chi connectivity index (χ0) is 29.0. The number of pyridine rings is 1. The van der Waals surface area contributed by atoms with Crippen molar-refractivity contribution >= 4 is 23.1 Å². The number of benzene rings is 1. The number of aliphatic hydroxyl groups excluding tert-OH is 1. The Morgan fingerprint density at radius 2 is 1.88 bits per heavy atom. The molecule has 1 aliphatic rings. The first-order chi connectivity index (χ1) is 19.3. The van der Waals surface area contributed by atoms with Crippen molar-refractivity contribution in [1.29, 1.82) is 0 Å². The van der Waals surface area contributed by atoms with Gasteiger partial charge in [0.2, 0.25) is 0 Å². The van der Waals surface area contributed by atoms with Gasteiger partial charge in [0.15, 0.2) is 17.3 Å². The molecule has 0 spiro atoms. The second-order valence-electron chi connectivity index (χ2n) is 9.69. The van der Waals surface area contributed by atoms with Gasteiger partial charge in [-0.05, 0) is 63.2 Å². The summed E-state index contributed by atoms with van der Waals surface area (Å²) in [6.07, 6.45) is 3.50. The van der Waals surface area contributed by atoms with Gasteiger partial charge in [0.05, 0.1) is 23.9 Å². The number of ketones is 1. The monoisotopic (exact) mass is 546 g/mol. The van der Waals surface area contributed by atoms with Crippen LogP contribution in [0.25, 0.3) is 11.4 Å². The lowest BCUT2D eigenvalue weighted by Gasteiger charge is -2.28. The molecule has 212 valence electrons. The van der Waals surface area contributed by atoms with Gasteiger partial charge in [0.25, 0.3) is 11.7 Å². The number of ether oxygens (including phenoxy) is 2. The molecule has 1 aliphatic heterocycles. The standard InChI is InChI=1S/C31H38N4O5/c1-7-18-40-23-14-13-22(19-24(23)39-10-4)27-25(29(37)31(38)35(27)17-16-33(8-2)9-3)28(36)26-21(6)34-15-11-12-20(5)30(34)32-26/h7,11-15,19,27,36H,1,8-10,16-18H2,2-6H3/b28-25+. The highest BCUT2D eigenvalue weighted by Crippen LogP contribution is 2.42. The summed E-state index contributed by atoms with van der Waals surface area (Å²) in [7, 11) is 0. The zero-order valence-corrected chi connectivity index (χ0v) is 23.9. The average molecular weight is 547 g/mol. The molecule has 1 amide bonds. The summed E-state index contributed by atoms with van der Waals surface area (Å²) < 4.78 is 13.5. The second-order valence-corrected chi connectivity index (χ2v) is 9.69. The first kappa shape index (κ1) is 28.9. The number of imidazole rings is 1. The summed E-state index contributed by atoms with van der Waals surface area (Å²) in [4.78, 5) is 35.5. The van der Waals surface area contributed by atoms with E-state index in [0.29, 0.717) is 54.7 Å². The van der Waals surface area contributed by atoms with E-state index in [-0.39, 0.29) is 17.0 Å². The van der Waals surface area contributed by atoms with Crippen LogP contribution in [0.4, 0.5) is 0 Å². The van der Waals surface area contributed by atoms with Crippen LogP contribution in [0.1, 0.15) is 49.3 Å². The number of amides is 1. The third-order valence-electron chi connectivity index (χ3n) is 7.34. The largest absolute Gasteiger partial charge is 0.505 e. The highest BCUT2D eigenvalue weighted by atomic mass is 16.5. The van der Waals surface area contributed by atoms with Crippen LogP contribution < -0.4 is 9.47 Å². The molecule has 1 atom stereocenters. The van der Waals surface area contributed by atoms with Gasteiger partial charge in [-0.2, -0.15) is 0 Å². The lowest BCUT2D eigenvalue weighted by atomic mass is 9.96. The Bertz CT molecular complexity index is 1450. The second kappa shape index (κ2) is 12.4. The molecule has 0 radical (unpaired) electrons. The lowest BCUT2D eigenvalue weighted by Crippen LogP contribution is -2.38. The van der Waals surface area contributed by atoms with Gasteiger partial charge in [-0.1, -0.05) is 38.6 Å². The maximum atomic E-state index is 13.6. The van der Waals surface area contributed by atoms with Crippen molar-refractivity contribution < 1.29 is 24.2 Å². The van der Waals surface area contributed by atoms with E-state index in [0.717, 1.165) is 18.7 Å².